The van der Waals surface area contributed by atoms with E-state index < -0.39 is 0 Å². The molecule has 1 aromatic heterocycles. The molecule has 7 heteroatoms. The molecule has 1 saturated heterocycles. The van der Waals surface area contributed by atoms with Crippen LogP contribution in [0.25, 0.3) is 0 Å². The van der Waals surface area contributed by atoms with Crippen molar-refractivity contribution in [3.8, 4) is 0 Å². The summed E-state index contributed by atoms with van der Waals surface area (Å²) in [6.45, 7) is 4.41. The van der Waals surface area contributed by atoms with E-state index in [1.54, 1.807) is 11.3 Å². The van der Waals surface area contributed by atoms with Gasteiger partial charge in [0.15, 0.2) is 0 Å². The fraction of sp³-hybridized carbons (Fsp3) is 0.600. The van der Waals surface area contributed by atoms with E-state index >= 15 is 0 Å². The van der Waals surface area contributed by atoms with Crippen molar-refractivity contribution in [3.05, 3.63) is 22.4 Å². The summed E-state index contributed by atoms with van der Waals surface area (Å²) in [5, 5.41) is 1.99. The quantitative estimate of drug-likeness (QED) is 0.826. The van der Waals surface area contributed by atoms with Crippen molar-refractivity contribution >= 4 is 23.2 Å². The highest BCUT2D eigenvalue weighted by atomic mass is 32.1. The van der Waals surface area contributed by atoms with Gasteiger partial charge in [0.1, 0.15) is 0 Å². The molecule has 1 aliphatic rings. The van der Waals surface area contributed by atoms with Crippen LogP contribution in [0.5, 0.6) is 0 Å². The Hall–Kier alpha value is -1.44. The summed E-state index contributed by atoms with van der Waals surface area (Å²) in [6, 6.07) is 3.95. The van der Waals surface area contributed by atoms with Crippen molar-refractivity contribution in [1.82, 2.24) is 9.80 Å². The zero-order valence-corrected chi connectivity index (χ0v) is 13.8. The van der Waals surface area contributed by atoms with E-state index in [2.05, 4.69) is 0 Å². The Labute approximate surface area is 134 Å². The topological polar surface area (TPSA) is 75.9 Å². The molecule has 0 saturated carbocycles. The summed E-state index contributed by atoms with van der Waals surface area (Å²) in [6.07, 6.45) is -0.0856. The van der Waals surface area contributed by atoms with Crippen molar-refractivity contribution < 1.29 is 14.3 Å². The summed E-state index contributed by atoms with van der Waals surface area (Å²) in [7, 11) is 1.82. The number of amides is 2. The minimum absolute atomic E-state index is 0.0856. The first kappa shape index (κ1) is 16.9. The lowest BCUT2D eigenvalue weighted by Crippen LogP contribution is -2.50. The van der Waals surface area contributed by atoms with Gasteiger partial charge in [-0.25, -0.2) is 0 Å². The molecular weight excluding hydrogens is 302 g/mol. The van der Waals surface area contributed by atoms with Gasteiger partial charge in [-0.2, -0.15) is 0 Å². The number of ether oxygens (including phenoxy) is 1. The van der Waals surface area contributed by atoms with E-state index in [1.807, 2.05) is 41.3 Å². The molecule has 0 spiro atoms. The Balaban J connectivity index is 1.89. The molecule has 0 bridgehead atoms. The van der Waals surface area contributed by atoms with E-state index in [4.69, 9.17) is 10.5 Å². The highest BCUT2D eigenvalue weighted by Crippen LogP contribution is 2.23. The van der Waals surface area contributed by atoms with E-state index in [0.717, 1.165) is 4.88 Å². The van der Waals surface area contributed by atoms with Crippen molar-refractivity contribution in [2.45, 2.75) is 18.9 Å². The molecule has 122 valence electrons. The summed E-state index contributed by atoms with van der Waals surface area (Å²) < 4.78 is 5.70. The van der Waals surface area contributed by atoms with Gasteiger partial charge in [0.05, 0.1) is 25.2 Å². The molecule has 2 amide bonds. The molecule has 0 aromatic carbocycles. The van der Waals surface area contributed by atoms with Crippen LogP contribution in [0.2, 0.25) is 0 Å². The molecule has 2 rings (SSSR count). The number of carbonyl (C=O) groups excluding carboxylic acids is 2. The number of carbonyl (C=O) groups is 2. The number of thiophene rings is 1. The standard InChI is InChI=1S/C15H23N3O3S/c1-11(13-4-3-7-22-13)15(20)18-5-6-21-12(9-18)8-17(2)10-14(16)19/h3-4,7,11-12H,5-6,8-10H2,1-2H3,(H2,16,19)/t11-,12+/m1/s1. The van der Waals surface area contributed by atoms with Gasteiger partial charge in [-0.1, -0.05) is 6.07 Å². The van der Waals surface area contributed by atoms with Crippen LogP contribution in [0.3, 0.4) is 0 Å². The molecule has 6 nitrogen and oxygen atoms in total. The Bertz CT molecular complexity index is 506. The van der Waals surface area contributed by atoms with Gasteiger partial charge < -0.3 is 15.4 Å². The zero-order valence-electron chi connectivity index (χ0n) is 13.0. The molecule has 22 heavy (non-hydrogen) atoms. The number of rotatable bonds is 6. The third-order valence-electron chi connectivity index (χ3n) is 3.73. The first-order valence-electron chi connectivity index (χ1n) is 7.38. The maximum Gasteiger partial charge on any atom is 0.231 e. The average Bonchev–Trinajstić information content (AvgIpc) is 2.99. The van der Waals surface area contributed by atoms with Crippen molar-refractivity contribution in [2.24, 2.45) is 5.73 Å². The Morgan fingerprint density at radius 1 is 1.59 bits per heavy atom. The molecule has 2 heterocycles. The second-order valence-corrected chi connectivity index (χ2v) is 6.66. The van der Waals surface area contributed by atoms with Crippen LogP contribution in [-0.2, 0) is 14.3 Å². The molecule has 1 aromatic rings. The monoisotopic (exact) mass is 325 g/mol. The molecule has 1 fully saturated rings. The van der Waals surface area contributed by atoms with Crippen molar-refractivity contribution in [3.63, 3.8) is 0 Å². The minimum Gasteiger partial charge on any atom is -0.373 e. The molecule has 0 unspecified atom stereocenters. The van der Waals surface area contributed by atoms with Gasteiger partial charge in [0.2, 0.25) is 11.8 Å². The van der Waals surface area contributed by atoms with Crippen LogP contribution < -0.4 is 5.73 Å². The lowest BCUT2D eigenvalue weighted by molar-refractivity contribution is -0.140. The van der Waals surface area contributed by atoms with E-state index in [1.165, 1.54) is 0 Å². The summed E-state index contributed by atoms with van der Waals surface area (Å²) in [4.78, 5) is 28.3. The second-order valence-electron chi connectivity index (χ2n) is 5.68. The number of nitrogens with two attached hydrogens (primary N) is 1. The fourth-order valence-electron chi connectivity index (χ4n) is 2.64. The molecule has 2 atom stereocenters. The third-order valence-corrected chi connectivity index (χ3v) is 4.79. The fourth-order valence-corrected chi connectivity index (χ4v) is 3.42. The number of hydrogen-bond donors (Lipinski definition) is 1. The lowest BCUT2D eigenvalue weighted by atomic mass is 10.1. The lowest BCUT2D eigenvalue weighted by Gasteiger charge is -2.35. The summed E-state index contributed by atoms with van der Waals surface area (Å²) >= 11 is 1.60. The highest BCUT2D eigenvalue weighted by Gasteiger charge is 2.29. The normalized spacial score (nSPS) is 20.1. The number of nitrogens with zero attached hydrogens (tertiary/aromatic N) is 2. The summed E-state index contributed by atoms with van der Waals surface area (Å²) in [5.41, 5.74) is 5.18. The maximum absolute atomic E-state index is 12.6. The smallest absolute Gasteiger partial charge is 0.231 e. The molecule has 1 aliphatic heterocycles. The van der Waals surface area contributed by atoms with E-state index in [-0.39, 0.29) is 30.4 Å². The third kappa shape index (κ3) is 4.53. The molecule has 2 N–H and O–H groups in total. The van der Waals surface area contributed by atoms with Gasteiger partial charge in [0.25, 0.3) is 0 Å². The Morgan fingerprint density at radius 2 is 2.36 bits per heavy atom. The van der Waals surface area contributed by atoms with Gasteiger partial charge in [-0.3, -0.25) is 14.5 Å². The SMILES string of the molecule is C[C@@H](C(=O)N1CCO[C@@H](CN(C)CC(N)=O)C1)c1cccs1. The van der Waals surface area contributed by atoms with E-state index in [9.17, 15) is 9.59 Å². The predicted octanol–water partition coefficient (Wildman–Crippen LogP) is 0.496. The van der Waals surface area contributed by atoms with Crippen molar-refractivity contribution in [1.29, 1.82) is 0 Å². The van der Waals surface area contributed by atoms with Crippen LogP contribution >= 0.6 is 11.3 Å². The van der Waals surface area contributed by atoms with Crippen LogP contribution in [0.4, 0.5) is 0 Å². The Kier molecular flexibility index (Phi) is 5.93. The van der Waals surface area contributed by atoms with Crippen molar-refractivity contribution in [2.75, 3.05) is 39.8 Å². The van der Waals surface area contributed by atoms with Crippen LogP contribution in [0, 0.1) is 0 Å². The van der Waals surface area contributed by atoms with Crippen LogP contribution in [-0.4, -0.2) is 67.6 Å². The first-order chi connectivity index (χ1) is 10.5. The molecule has 0 radical (unpaired) electrons. The highest BCUT2D eigenvalue weighted by molar-refractivity contribution is 7.10. The first-order valence-corrected chi connectivity index (χ1v) is 8.26. The second kappa shape index (κ2) is 7.71. The maximum atomic E-state index is 12.6. The minimum atomic E-state index is -0.363. The number of morpholine rings is 1. The molecular formula is C15H23N3O3S. The van der Waals surface area contributed by atoms with Gasteiger partial charge in [-0.15, -0.1) is 11.3 Å². The molecule has 0 aliphatic carbocycles. The van der Waals surface area contributed by atoms with Gasteiger partial charge >= 0.3 is 0 Å². The zero-order chi connectivity index (χ0) is 16.1. The van der Waals surface area contributed by atoms with E-state index in [0.29, 0.717) is 26.2 Å². The predicted molar refractivity (Wildman–Crippen MR) is 85.7 cm³/mol. The number of hydrogen-bond acceptors (Lipinski definition) is 5. The Morgan fingerprint density at radius 3 is 3.00 bits per heavy atom. The number of likely N-dealkylation sites (N-methyl/N-ethyl adjacent to an activating group) is 1. The van der Waals surface area contributed by atoms with Crippen LogP contribution in [0.1, 0.15) is 17.7 Å². The van der Waals surface area contributed by atoms with Gasteiger partial charge in [-0.05, 0) is 25.4 Å². The average molecular weight is 325 g/mol. The van der Waals surface area contributed by atoms with Gasteiger partial charge in [0, 0.05) is 24.5 Å². The largest absolute Gasteiger partial charge is 0.373 e. The number of primary amides is 1. The van der Waals surface area contributed by atoms with Crippen LogP contribution in [0.15, 0.2) is 17.5 Å². The summed E-state index contributed by atoms with van der Waals surface area (Å²) in [5.74, 6) is -0.354.